The number of carbonyl (C=O) groups excluding carboxylic acids is 2. The Bertz CT molecular complexity index is 656. The van der Waals surface area contributed by atoms with Crippen LogP contribution < -0.4 is 10.6 Å². The molecule has 1 aliphatic carbocycles. The lowest BCUT2D eigenvalue weighted by Crippen LogP contribution is -2.56. The molecule has 1 aromatic carbocycles. The van der Waals surface area contributed by atoms with Crippen LogP contribution in [0.5, 0.6) is 0 Å². The highest BCUT2D eigenvalue weighted by molar-refractivity contribution is 5.89. The van der Waals surface area contributed by atoms with E-state index in [1.807, 2.05) is 11.8 Å². The molecule has 1 saturated carbocycles. The van der Waals surface area contributed by atoms with E-state index in [2.05, 4.69) is 10.6 Å². The first-order valence-corrected chi connectivity index (χ1v) is 9.19. The second-order valence-corrected chi connectivity index (χ2v) is 6.52. The summed E-state index contributed by atoms with van der Waals surface area (Å²) in [5.74, 6) is -1.20. The number of hydrogen-bond donors (Lipinski definition) is 3. The van der Waals surface area contributed by atoms with E-state index in [0.717, 1.165) is 18.4 Å². The van der Waals surface area contributed by atoms with Gasteiger partial charge in [-0.05, 0) is 44.0 Å². The number of likely N-dealkylation sites (N-methyl/N-ethyl adjacent to an activating group) is 1. The Balaban J connectivity index is 1.70. The summed E-state index contributed by atoms with van der Waals surface area (Å²) in [4.78, 5) is 36.3. The van der Waals surface area contributed by atoms with Gasteiger partial charge in [-0.3, -0.25) is 9.69 Å². The molecule has 27 heavy (non-hydrogen) atoms. The largest absolute Gasteiger partial charge is 0.480 e. The van der Waals surface area contributed by atoms with Gasteiger partial charge in [0.05, 0.1) is 18.7 Å². The molecule has 0 atom stereocenters. The molecule has 2 rings (SSSR count). The third-order valence-electron chi connectivity index (χ3n) is 4.63. The van der Waals surface area contributed by atoms with Crippen LogP contribution in [0.4, 0.5) is 4.79 Å². The maximum absolute atomic E-state index is 12.0. The molecule has 3 N–H and O–H groups in total. The highest BCUT2D eigenvalue weighted by Gasteiger charge is 2.34. The van der Waals surface area contributed by atoms with Crippen molar-refractivity contribution in [1.29, 1.82) is 0 Å². The summed E-state index contributed by atoms with van der Waals surface area (Å²) >= 11 is 0. The van der Waals surface area contributed by atoms with Crippen LogP contribution in [-0.4, -0.2) is 59.8 Å². The zero-order valence-electron chi connectivity index (χ0n) is 15.7. The molecule has 148 valence electrons. The van der Waals surface area contributed by atoms with E-state index >= 15 is 0 Å². The molecule has 0 bridgehead atoms. The van der Waals surface area contributed by atoms with Gasteiger partial charge in [-0.15, -0.1) is 0 Å². The fourth-order valence-corrected chi connectivity index (χ4v) is 3.07. The number of ether oxygens (including phenoxy) is 1. The maximum atomic E-state index is 12.0. The lowest BCUT2D eigenvalue weighted by Gasteiger charge is -2.42. The molecule has 8 nitrogen and oxygen atoms in total. The quantitative estimate of drug-likeness (QED) is 0.564. The summed E-state index contributed by atoms with van der Waals surface area (Å²) in [6.45, 7) is 5.08. The number of carboxylic acid groups (broad SMARTS) is 1. The van der Waals surface area contributed by atoms with Crippen molar-refractivity contribution in [3.63, 3.8) is 0 Å². The molecule has 0 spiro atoms. The van der Waals surface area contributed by atoms with Crippen LogP contribution in [0.15, 0.2) is 24.3 Å². The first-order valence-electron chi connectivity index (χ1n) is 9.19. The minimum Gasteiger partial charge on any atom is -0.480 e. The fourth-order valence-electron chi connectivity index (χ4n) is 3.07. The van der Waals surface area contributed by atoms with Gasteiger partial charge in [0.1, 0.15) is 0 Å². The van der Waals surface area contributed by atoms with Crippen LogP contribution >= 0.6 is 0 Å². The molecule has 0 heterocycles. The highest BCUT2D eigenvalue weighted by atomic mass is 16.5. The second-order valence-electron chi connectivity index (χ2n) is 6.52. The number of benzene rings is 1. The van der Waals surface area contributed by atoms with Crippen LogP contribution in [0.3, 0.4) is 0 Å². The van der Waals surface area contributed by atoms with Crippen LogP contribution in [0.1, 0.15) is 42.6 Å². The first-order chi connectivity index (χ1) is 12.9. The lowest BCUT2D eigenvalue weighted by molar-refractivity contribution is -0.139. The predicted molar refractivity (Wildman–Crippen MR) is 99.5 cm³/mol. The molecular weight excluding hydrogens is 350 g/mol. The number of nitrogens with zero attached hydrogens (tertiary/aromatic N) is 1. The van der Waals surface area contributed by atoms with Gasteiger partial charge in [0.15, 0.2) is 0 Å². The van der Waals surface area contributed by atoms with Gasteiger partial charge in [-0.2, -0.15) is 0 Å². The molecule has 1 fully saturated rings. The topological polar surface area (TPSA) is 108 Å². The number of carbonyl (C=O) groups is 3. The molecule has 0 aliphatic heterocycles. The summed E-state index contributed by atoms with van der Waals surface area (Å²) < 4.78 is 4.93. The number of esters is 1. The zero-order valence-corrected chi connectivity index (χ0v) is 15.7. The summed E-state index contributed by atoms with van der Waals surface area (Å²) in [6, 6.07) is 6.90. The van der Waals surface area contributed by atoms with Gasteiger partial charge in [0.2, 0.25) is 0 Å². The zero-order chi connectivity index (χ0) is 19.8. The normalized spacial score (nSPS) is 18.5. The van der Waals surface area contributed by atoms with Crippen LogP contribution in [-0.2, 0) is 16.1 Å². The average molecular weight is 377 g/mol. The lowest BCUT2D eigenvalue weighted by atomic mass is 9.85. The van der Waals surface area contributed by atoms with E-state index < -0.39 is 5.97 Å². The average Bonchev–Trinajstić information content (AvgIpc) is 2.61. The van der Waals surface area contributed by atoms with E-state index in [0.29, 0.717) is 25.3 Å². The van der Waals surface area contributed by atoms with Crippen molar-refractivity contribution in [2.24, 2.45) is 0 Å². The van der Waals surface area contributed by atoms with Gasteiger partial charge in [0.25, 0.3) is 0 Å². The fraction of sp³-hybridized carbons (Fsp3) is 0.526. The summed E-state index contributed by atoms with van der Waals surface area (Å²) in [5, 5.41) is 14.6. The van der Waals surface area contributed by atoms with Gasteiger partial charge in [-0.1, -0.05) is 19.1 Å². The number of aliphatic carboxylic acids is 1. The third kappa shape index (κ3) is 6.25. The van der Waals surface area contributed by atoms with Gasteiger partial charge in [-0.25, -0.2) is 9.59 Å². The van der Waals surface area contributed by atoms with E-state index in [4.69, 9.17) is 9.84 Å². The van der Waals surface area contributed by atoms with E-state index in [1.54, 1.807) is 31.2 Å². The Morgan fingerprint density at radius 3 is 2.41 bits per heavy atom. The number of nitrogens with one attached hydrogen (secondary N) is 2. The van der Waals surface area contributed by atoms with E-state index in [-0.39, 0.29) is 30.6 Å². The smallest absolute Gasteiger partial charge is 0.338 e. The van der Waals surface area contributed by atoms with Crippen molar-refractivity contribution in [3.05, 3.63) is 35.4 Å². The molecule has 2 amide bonds. The standard InChI is InChI=1S/C19H27N3O5/c1-3-22(12-17(23)24)16-9-15(10-16)21-19(26)20-11-13-5-7-14(8-6-13)18(25)27-4-2/h5-8,15-16H,3-4,9-12H2,1-2H3,(H,23,24)(H2,20,21,26). The van der Waals surface area contributed by atoms with Crippen LogP contribution in [0, 0.1) is 0 Å². The number of amides is 2. The van der Waals surface area contributed by atoms with Gasteiger partial charge in [0, 0.05) is 18.6 Å². The first kappa shape index (κ1) is 20.7. The van der Waals surface area contributed by atoms with Crippen molar-refractivity contribution < 1.29 is 24.2 Å². The number of hydrogen-bond acceptors (Lipinski definition) is 5. The molecule has 1 aromatic rings. The molecule has 0 saturated heterocycles. The molecule has 8 heteroatoms. The summed E-state index contributed by atoms with van der Waals surface area (Å²) in [5.41, 5.74) is 1.36. The Morgan fingerprint density at radius 2 is 1.85 bits per heavy atom. The Hall–Kier alpha value is -2.61. The number of rotatable bonds is 9. The minimum absolute atomic E-state index is 0.0296. The van der Waals surface area contributed by atoms with Crippen LogP contribution in [0.25, 0.3) is 0 Å². The molecular formula is C19H27N3O5. The molecule has 0 radical (unpaired) electrons. The SMILES string of the molecule is CCOC(=O)c1ccc(CNC(=O)NC2CC(N(CC)CC(=O)O)C2)cc1. The van der Waals surface area contributed by atoms with E-state index in [9.17, 15) is 14.4 Å². The molecule has 0 aromatic heterocycles. The Kier molecular flexibility index (Phi) is 7.60. The van der Waals surface area contributed by atoms with E-state index in [1.165, 1.54) is 0 Å². The Morgan fingerprint density at radius 1 is 1.19 bits per heavy atom. The third-order valence-corrected chi connectivity index (χ3v) is 4.63. The highest BCUT2D eigenvalue weighted by Crippen LogP contribution is 2.25. The predicted octanol–water partition coefficient (Wildman–Crippen LogP) is 1.60. The number of carboxylic acids is 1. The maximum Gasteiger partial charge on any atom is 0.338 e. The van der Waals surface area contributed by atoms with Crippen molar-refractivity contribution in [1.82, 2.24) is 15.5 Å². The Labute approximate surface area is 158 Å². The van der Waals surface area contributed by atoms with Crippen molar-refractivity contribution in [2.75, 3.05) is 19.7 Å². The van der Waals surface area contributed by atoms with Crippen molar-refractivity contribution >= 4 is 18.0 Å². The number of urea groups is 1. The monoisotopic (exact) mass is 377 g/mol. The molecule has 0 unspecified atom stereocenters. The van der Waals surface area contributed by atoms with Crippen molar-refractivity contribution in [3.8, 4) is 0 Å². The minimum atomic E-state index is -0.833. The summed E-state index contributed by atoms with van der Waals surface area (Å²) in [7, 11) is 0. The second kappa shape index (κ2) is 9.91. The molecule has 1 aliphatic rings. The van der Waals surface area contributed by atoms with Gasteiger partial charge >= 0.3 is 18.0 Å². The summed E-state index contributed by atoms with van der Waals surface area (Å²) in [6.07, 6.45) is 1.51. The van der Waals surface area contributed by atoms with Gasteiger partial charge < -0.3 is 20.5 Å². The van der Waals surface area contributed by atoms with Crippen LogP contribution in [0.2, 0.25) is 0 Å². The van der Waals surface area contributed by atoms with Crippen molar-refractivity contribution in [2.45, 2.75) is 45.3 Å².